The van der Waals surface area contributed by atoms with E-state index in [9.17, 15) is 19.5 Å². The molecule has 2 atom stereocenters. The lowest BCUT2D eigenvalue weighted by atomic mass is 9.96. The summed E-state index contributed by atoms with van der Waals surface area (Å²) in [6, 6.07) is 11.4. The number of amides is 3. The lowest BCUT2D eigenvalue weighted by Crippen LogP contribution is -2.54. The molecule has 8 heteroatoms. The smallest absolute Gasteiger partial charge is 0.408 e. The summed E-state index contributed by atoms with van der Waals surface area (Å²) in [5.74, 6) is 1.96. The summed E-state index contributed by atoms with van der Waals surface area (Å²) in [5.41, 5.74) is 1.00. The van der Waals surface area contributed by atoms with Crippen LogP contribution in [0.4, 0.5) is 4.79 Å². The van der Waals surface area contributed by atoms with Gasteiger partial charge in [0.15, 0.2) is 0 Å². The van der Waals surface area contributed by atoms with E-state index in [-0.39, 0.29) is 24.6 Å². The SMILES string of the molecule is C#Cc1ccccc1C(C(=O)NCCCCC)N(CCC)C(=O)C(Cc1ccc(O)cc1)NC(=O)OC(C)(C)C. The number of carbonyl (C=O) groups excluding carboxylic acids is 3. The van der Waals surface area contributed by atoms with Crippen molar-refractivity contribution in [1.82, 2.24) is 15.5 Å². The van der Waals surface area contributed by atoms with Crippen LogP contribution in [0.3, 0.4) is 0 Å². The van der Waals surface area contributed by atoms with Gasteiger partial charge in [-0.25, -0.2) is 4.79 Å². The average Bonchev–Trinajstić information content (AvgIpc) is 2.90. The number of nitrogens with one attached hydrogen (secondary N) is 2. The summed E-state index contributed by atoms with van der Waals surface area (Å²) in [6.07, 6.45) is 8.55. The van der Waals surface area contributed by atoms with E-state index in [4.69, 9.17) is 11.2 Å². The van der Waals surface area contributed by atoms with E-state index in [2.05, 4.69) is 23.5 Å². The van der Waals surface area contributed by atoms with Gasteiger partial charge in [0.2, 0.25) is 11.8 Å². The van der Waals surface area contributed by atoms with Gasteiger partial charge < -0.3 is 25.4 Å². The molecule has 0 aliphatic carbocycles. The molecule has 3 amide bonds. The third-order valence-electron chi connectivity index (χ3n) is 6.16. The normalized spacial score (nSPS) is 12.5. The van der Waals surface area contributed by atoms with Crippen molar-refractivity contribution >= 4 is 17.9 Å². The van der Waals surface area contributed by atoms with Crippen molar-refractivity contribution in [2.45, 2.75) is 84.4 Å². The predicted molar refractivity (Wildman–Crippen MR) is 157 cm³/mol. The van der Waals surface area contributed by atoms with E-state index < -0.39 is 29.7 Å². The van der Waals surface area contributed by atoms with Gasteiger partial charge in [-0.2, -0.15) is 0 Å². The predicted octanol–water partition coefficient (Wildman–Crippen LogP) is 5.10. The monoisotopic (exact) mass is 549 g/mol. The van der Waals surface area contributed by atoms with E-state index >= 15 is 0 Å². The summed E-state index contributed by atoms with van der Waals surface area (Å²) in [6.45, 7) is 9.95. The van der Waals surface area contributed by atoms with Crippen LogP contribution in [0.5, 0.6) is 5.75 Å². The van der Waals surface area contributed by atoms with Crippen molar-refractivity contribution in [2.24, 2.45) is 0 Å². The van der Waals surface area contributed by atoms with E-state index in [0.29, 0.717) is 29.7 Å². The molecule has 40 heavy (non-hydrogen) atoms. The number of alkyl carbamates (subject to hydrolysis) is 1. The van der Waals surface area contributed by atoms with Crippen molar-refractivity contribution < 1.29 is 24.2 Å². The molecule has 0 aliphatic heterocycles. The first-order chi connectivity index (χ1) is 19.0. The largest absolute Gasteiger partial charge is 0.508 e. The van der Waals surface area contributed by atoms with E-state index in [1.165, 1.54) is 17.0 Å². The Morgan fingerprint density at radius 3 is 2.30 bits per heavy atom. The third kappa shape index (κ3) is 9.96. The van der Waals surface area contributed by atoms with Gasteiger partial charge >= 0.3 is 6.09 Å². The fraction of sp³-hybridized carbons (Fsp3) is 0.469. The third-order valence-corrected chi connectivity index (χ3v) is 6.16. The zero-order chi connectivity index (χ0) is 29.7. The number of hydrogen-bond acceptors (Lipinski definition) is 5. The summed E-state index contributed by atoms with van der Waals surface area (Å²) in [5, 5.41) is 15.4. The highest BCUT2D eigenvalue weighted by Crippen LogP contribution is 2.27. The Morgan fingerprint density at radius 2 is 1.70 bits per heavy atom. The molecule has 0 radical (unpaired) electrons. The van der Waals surface area contributed by atoms with E-state index in [0.717, 1.165) is 19.3 Å². The molecule has 0 aliphatic rings. The highest BCUT2D eigenvalue weighted by molar-refractivity contribution is 5.92. The Balaban J connectivity index is 2.53. The van der Waals surface area contributed by atoms with Gasteiger partial charge in [-0.1, -0.05) is 62.9 Å². The van der Waals surface area contributed by atoms with Crippen molar-refractivity contribution in [1.29, 1.82) is 0 Å². The molecule has 2 aromatic carbocycles. The van der Waals surface area contributed by atoms with Gasteiger partial charge in [0.1, 0.15) is 23.4 Å². The number of terminal acetylenes is 1. The maximum absolute atomic E-state index is 14.3. The second-order valence-corrected chi connectivity index (χ2v) is 10.7. The zero-order valence-electron chi connectivity index (χ0n) is 24.3. The van der Waals surface area contributed by atoms with Crippen LogP contribution in [0.15, 0.2) is 48.5 Å². The molecule has 8 nitrogen and oxygen atoms in total. The number of aromatic hydroxyl groups is 1. The van der Waals surface area contributed by atoms with Crippen LogP contribution in [-0.2, 0) is 20.7 Å². The molecular weight excluding hydrogens is 506 g/mol. The first-order valence-corrected chi connectivity index (χ1v) is 13.9. The summed E-state index contributed by atoms with van der Waals surface area (Å²) in [7, 11) is 0. The van der Waals surface area contributed by atoms with Gasteiger partial charge in [0.05, 0.1) is 0 Å². The molecule has 0 aromatic heterocycles. The molecular formula is C32H43N3O5. The molecule has 2 aromatic rings. The highest BCUT2D eigenvalue weighted by Gasteiger charge is 2.36. The van der Waals surface area contributed by atoms with Crippen LogP contribution in [0.25, 0.3) is 0 Å². The zero-order valence-corrected chi connectivity index (χ0v) is 24.3. The molecule has 0 heterocycles. The Hall–Kier alpha value is -3.99. The number of hydrogen-bond donors (Lipinski definition) is 3. The number of rotatable bonds is 13. The van der Waals surface area contributed by atoms with Crippen molar-refractivity contribution in [2.75, 3.05) is 13.1 Å². The molecule has 3 N–H and O–H groups in total. The quantitative estimate of drug-likeness (QED) is 0.238. The molecule has 2 rings (SSSR count). The Kier molecular flexibility index (Phi) is 12.5. The number of phenols is 1. The fourth-order valence-electron chi connectivity index (χ4n) is 4.33. The molecule has 0 saturated heterocycles. The second kappa shape index (κ2) is 15.6. The Labute approximate surface area is 238 Å². The number of nitrogens with zero attached hydrogens (tertiary/aromatic N) is 1. The standard InChI is InChI=1S/C32H43N3O5/c1-7-10-13-20-33-29(37)28(26-15-12-11-14-24(26)9-3)35(21-8-2)30(38)27(34-31(39)40-32(4,5)6)22-23-16-18-25(36)19-17-23/h3,11-12,14-19,27-28,36H,7-8,10,13,20-22H2,1-2,4-6H3,(H,33,37)(H,34,39). The minimum atomic E-state index is -1.04. The Morgan fingerprint density at radius 1 is 1.02 bits per heavy atom. The van der Waals surface area contributed by atoms with Gasteiger partial charge in [0.25, 0.3) is 0 Å². The number of benzene rings is 2. The minimum Gasteiger partial charge on any atom is -0.508 e. The van der Waals surface area contributed by atoms with Crippen molar-refractivity contribution in [3.8, 4) is 18.1 Å². The first-order valence-electron chi connectivity index (χ1n) is 13.9. The maximum atomic E-state index is 14.3. The number of unbranched alkanes of at least 4 members (excludes halogenated alkanes) is 2. The molecule has 0 bridgehead atoms. The topological polar surface area (TPSA) is 108 Å². The number of carbonyl (C=O) groups is 3. The van der Waals surface area contributed by atoms with Gasteiger partial charge in [-0.15, -0.1) is 6.42 Å². The van der Waals surface area contributed by atoms with Crippen molar-refractivity contribution in [3.05, 3.63) is 65.2 Å². The maximum Gasteiger partial charge on any atom is 0.408 e. The summed E-state index contributed by atoms with van der Waals surface area (Å²) < 4.78 is 5.45. The van der Waals surface area contributed by atoms with Crippen LogP contribution < -0.4 is 10.6 Å². The molecule has 216 valence electrons. The number of ether oxygens (including phenoxy) is 1. The minimum absolute atomic E-state index is 0.0880. The number of phenolic OH excluding ortho intramolecular Hbond substituents is 1. The fourth-order valence-corrected chi connectivity index (χ4v) is 4.33. The van der Waals surface area contributed by atoms with Crippen LogP contribution >= 0.6 is 0 Å². The summed E-state index contributed by atoms with van der Waals surface area (Å²) in [4.78, 5) is 42.3. The van der Waals surface area contributed by atoms with Crippen LogP contribution in [-0.4, -0.2) is 52.6 Å². The lowest BCUT2D eigenvalue weighted by molar-refractivity contribution is -0.142. The van der Waals surface area contributed by atoms with Gasteiger partial charge in [-0.05, 0) is 62.9 Å². The van der Waals surface area contributed by atoms with Gasteiger partial charge in [0, 0.05) is 25.1 Å². The van der Waals surface area contributed by atoms with E-state index in [1.807, 2.05) is 6.92 Å². The lowest BCUT2D eigenvalue weighted by Gasteiger charge is -2.35. The Bertz CT molecular complexity index is 1160. The highest BCUT2D eigenvalue weighted by atomic mass is 16.6. The van der Waals surface area contributed by atoms with Crippen molar-refractivity contribution in [3.63, 3.8) is 0 Å². The molecule has 2 unspecified atom stereocenters. The molecule has 0 fully saturated rings. The molecule has 0 spiro atoms. The van der Waals surface area contributed by atoms with Gasteiger partial charge in [-0.3, -0.25) is 9.59 Å². The first kappa shape index (κ1) is 32.2. The van der Waals surface area contributed by atoms with Crippen LogP contribution in [0.2, 0.25) is 0 Å². The van der Waals surface area contributed by atoms with E-state index in [1.54, 1.807) is 57.2 Å². The summed E-state index contributed by atoms with van der Waals surface area (Å²) >= 11 is 0. The average molecular weight is 550 g/mol. The molecule has 0 saturated carbocycles. The van der Waals surface area contributed by atoms with Crippen LogP contribution in [0, 0.1) is 12.3 Å². The van der Waals surface area contributed by atoms with Crippen LogP contribution in [0.1, 0.15) is 83.0 Å². The second-order valence-electron chi connectivity index (χ2n) is 10.7.